The maximum Gasteiger partial charge on any atom is 0.0568 e. The van der Waals surface area contributed by atoms with Crippen molar-refractivity contribution in [2.45, 2.75) is 0 Å². The van der Waals surface area contributed by atoms with Gasteiger partial charge >= 0.3 is 0 Å². The van der Waals surface area contributed by atoms with Gasteiger partial charge in [0.1, 0.15) is 0 Å². The van der Waals surface area contributed by atoms with Crippen molar-refractivity contribution in [2.24, 2.45) is 0 Å². The largest absolute Gasteiger partial charge is 0.397 e. The maximum atomic E-state index is 11.2. The molecule has 1 aliphatic heterocycles. The summed E-state index contributed by atoms with van der Waals surface area (Å²) in [6.07, 6.45) is 0. The Balaban J connectivity index is 2.16. The molecular weight excluding hydrogens is 210 g/mol. The molecule has 5 heteroatoms. The van der Waals surface area contributed by atoms with Crippen LogP contribution in [0.25, 0.3) is 0 Å². The van der Waals surface area contributed by atoms with Gasteiger partial charge in [-0.15, -0.1) is 0 Å². The molecule has 2 rings (SSSR count). The van der Waals surface area contributed by atoms with Crippen LogP contribution in [0.2, 0.25) is 0 Å². The van der Waals surface area contributed by atoms with Crippen LogP contribution in [0.4, 0.5) is 17.1 Å². The van der Waals surface area contributed by atoms with Gasteiger partial charge in [0.15, 0.2) is 0 Å². The molecule has 1 aliphatic rings. The lowest BCUT2D eigenvalue weighted by atomic mass is 10.2. The van der Waals surface area contributed by atoms with Gasteiger partial charge in [0.25, 0.3) is 0 Å². The van der Waals surface area contributed by atoms with E-state index in [4.69, 9.17) is 11.5 Å². The van der Waals surface area contributed by atoms with E-state index in [1.165, 1.54) is 0 Å². The molecular formula is C10H15N3OS. The highest BCUT2D eigenvalue weighted by atomic mass is 32.2. The van der Waals surface area contributed by atoms with Crippen LogP contribution in [0.5, 0.6) is 0 Å². The molecule has 1 aromatic rings. The average molecular weight is 225 g/mol. The van der Waals surface area contributed by atoms with Crippen molar-refractivity contribution < 1.29 is 4.21 Å². The number of rotatable bonds is 1. The maximum absolute atomic E-state index is 11.2. The fraction of sp³-hybridized carbons (Fsp3) is 0.400. The van der Waals surface area contributed by atoms with E-state index in [2.05, 4.69) is 4.90 Å². The van der Waals surface area contributed by atoms with E-state index in [9.17, 15) is 4.21 Å². The minimum Gasteiger partial charge on any atom is -0.397 e. The van der Waals surface area contributed by atoms with E-state index in [0.29, 0.717) is 11.4 Å². The van der Waals surface area contributed by atoms with Crippen molar-refractivity contribution in [3.63, 3.8) is 0 Å². The normalized spacial score (nSPS) is 18.0. The second-order valence-electron chi connectivity index (χ2n) is 3.65. The number of nitrogens with zero attached hydrogens (tertiary/aromatic N) is 1. The number of hydrogen-bond acceptors (Lipinski definition) is 4. The molecule has 82 valence electrons. The molecule has 1 fully saturated rings. The fourth-order valence-corrected chi connectivity index (χ4v) is 2.71. The highest BCUT2D eigenvalue weighted by Gasteiger charge is 2.15. The van der Waals surface area contributed by atoms with Crippen molar-refractivity contribution in [1.29, 1.82) is 0 Å². The molecule has 0 atom stereocenters. The van der Waals surface area contributed by atoms with Gasteiger partial charge in [0.2, 0.25) is 0 Å². The van der Waals surface area contributed by atoms with Crippen LogP contribution in [-0.4, -0.2) is 28.8 Å². The van der Waals surface area contributed by atoms with E-state index in [-0.39, 0.29) is 0 Å². The summed E-state index contributed by atoms with van der Waals surface area (Å²) in [6, 6.07) is 5.65. The van der Waals surface area contributed by atoms with Crippen molar-refractivity contribution >= 4 is 27.9 Å². The summed E-state index contributed by atoms with van der Waals surface area (Å²) in [5.74, 6) is 1.48. The monoisotopic (exact) mass is 225 g/mol. The second-order valence-corrected chi connectivity index (χ2v) is 5.34. The Labute approximate surface area is 91.7 Å². The number of benzene rings is 1. The summed E-state index contributed by atoms with van der Waals surface area (Å²) >= 11 is 0. The summed E-state index contributed by atoms with van der Waals surface area (Å²) in [5, 5.41) is 0. The van der Waals surface area contributed by atoms with Gasteiger partial charge in [-0.2, -0.15) is 0 Å². The Morgan fingerprint density at radius 1 is 1.13 bits per heavy atom. The minimum atomic E-state index is -0.642. The summed E-state index contributed by atoms with van der Waals surface area (Å²) in [4.78, 5) is 2.19. The first-order valence-electron chi connectivity index (χ1n) is 4.92. The highest BCUT2D eigenvalue weighted by molar-refractivity contribution is 7.85. The predicted octanol–water partition coefficient (Wildman–Crippen LogP) is 0.420. The standard InChI is InChI=1S/C10H15N3OS/c11-9-2-1-8(7-10(9)12)13-3-5-15(14)6-4-13/h1-2,7H,3-6,11-12H2. The smallest absolute Gasteiger partial charge is 0.0568 e. The van der Waals surface area contributed by atoms with Crippen molar-refractivity contribution in [3.05, 3.63) is 18.2 Å². The Kier molecular flexibility index (Phi) is 2.81. The lowest BCUT2D eigenvalue weighted by Crippen LogP contribution is -2.37. The predicted molar refractivity (Wildman–Crippen MR) is 65.4 cm³/mol. The molecule has 4 N–H and O–H groups in total. The molecule has 0 radical (unpaired) electrons. The Morgan fingerprint density at radius 3 is 2.40 bits per heavy atom. The molecule has 1 aromatic carbocycles. The minimum absolute atomic E-state index is 0.610. The van der Waals surface area contributed by atoms with Crippen LogP contribution in [0, 0.1) is 0 Å². The molecule has 0 aromatic heterocycles. The van der Waals surface area contributed by atoms with Crippen LogP contribution in [0.15, 0.2) is 18.2 Å². The van der Waals surface area contributed by atoms with E-state index in [1.54, 1.807) is 0 Å². The second kappa shape index (κ2) is 4.10. The first kappa shape index (κ1) is 10.3. The van der Waals surface area contributed by atoms with E-state index >= 15 is 0 Å². The van der Waals surface area contributed by atoms with Crippen LogP contribution >= 0.6 is 0 Å². The van der Waals surface area contributed by atoms with Crippen LogP contribution in [0.1, 0.15) is 0 Å². The van der Waals surface area contributed by atoms with Crippen LogP contribution in [0.3, 0.4) is 0 Å². The van der Waals surface area contributed by atoms with Crippen molar-refractivity contribution in [3.8, 4) is 0 Å². The molecule has 15 heavy (non-hydrogen) atoms. The number of nitrogens with two attached hydrogens (primary N) is 2. The first-order chi connectivity index (χ1) is 7.16. The zero-order valence-electron chi connectivity index (χ0n) is 8.48. The van der Waals surface area contributed by atoms with Gasteiger partial charge in [-0.3, -0.25) is 4.21 Å². The van der Waals surface area contributed by atoms with Gasteiger partial charge in [-0.25, -0.2) is 0 Å². The SMILES string of the molecule is Nc1ccc(N2CCS(=O)CC2)cc1N. The Hall–Kier alpha value is -1.23. The van der Waals surface area contributed by atoms with Crippen molar-refractivity contribution in [2.75, 3.05) is 41.0 Å². The van der Waals surface area contributed by atoms with Gasteiger partial charge in [-0.1, -0.05) is 0 Å². The highest BCUT2D eigenvalue weighted by Crippen LogP contribution is 2.23. The lowest BCUT2D eigenvalue weighted by Gasteiger charge is -2.28. The first-order valence-corrected chi connectivity index (χ1v) is 6.40. The lowest BCUT2D eigenvalue weighted by molar-refractivity contribution is 0.673. The van der Waals surface area contributed by atoms with Gasteiger partial charge < -0.3 is 16.4 Å². The molecule has 0 spiro atoms. The molecule has 1 saturated heterocycles. The van der Waals surface area contributed by atoms with Crippen LogP contribution < -0.4 is 16.4 Å². The van der Waals surface area contributed by atoms with E-state index < -0.39 is 10.8 Å². The quantitative estimate of drug-likeness (QED) is 0.679. The van der Waals surface area contributed by atoms with Gasteiger partial charge in [-0.05, 0) is 18.2 Å². The van der Waals surface area contributed by atoms with E-state index in [0.717, 1.165) is 30.3 Å². The van der Waals surface area contributed by atoms with Gasteiger partial charge in [0.05, 0.1) is 11.4 Å². The van der Waals surface area contributed by atoms with Crippen molar-refractivity contribution in [1.82, 2.24) is 0 Å². The molecule has 0 unspecified atom stereocenters. The fourth-order valence-electron chi connectivity index (χ4n) is 1.65. The summed E-state index contributed by atoms with van der Waals surface area (Å²) in [5.41, 5.74) is 13.7. The summed E-state index contributed by atoms with van der Waals surface area (Å²) in [6.45, 7) is 1.66. The number of nitrogen functional groups attached to an aromatic ring is 2. The summed E-state index contributed by atoms with van der Waals surface area (Å²) < 4.78 is 11.2. The number of anilines is 3. The van der Waals surface area contributed by atoms with E-state index in [1.807, 2.05) is 18.2 Å². The Morgan fingerprint density at radius 2 is 1.80 bits per heavy atom. The molecule has 0 saturated carbocycles. The summed E-state index contributed by atoms with van der Waals surface area (Å²) in [7, 11) is -0.642. The zero-order valence-corrected chi connectivity index (χ0v) is 9.30. The number of hydrogen-bond donors (Lipinski definition) is 2. The molecule has 0 aliphatic carbocycles. The molecule has 0 amide bonds. The molecule has 0 bridgehead atoms. The average Bonchev–Trinajstić information content (AvgIpc) is 2.23. The third-order valence-corrected chi connectivity index (χ3v) is 3.89. The third kappa shape index (κ3) is 2.23. The molecule has 4 nitrogen and oxygen atoms in total. The topological polar surface area (TPSA) is 72.3 Å². The van der Waals surface area contributed by atoms with Gasteiger partial charge in [0, 0.05) is 41.1 Å². The third-order valence-electron chi connectivity index (χ3n) is 2.61. The zero-order chi connectivity index (χ0) is 10.8. The Bertz CT molecular complexity index is 384. The van der Waals surface area contributed by atoms with Crippen LogP contribution in [-0.2, 0) is 10.8 Å². The molecule has 1 heterocycles.